The standard InChI is InChI=1S/C13H12N6OS2/c14-9-5-10(15)18-12(17-9)21-6-11(20)19-13-16-7-3-1-2-4-8(7)22-13/h1-5H,6H2,(H,16,19,20)(H4,14,15,17,18). The quantitative estimate of drug-likeness (QED) is 0.493. The Labute approximate surface area is 134 Å². The third kappa shape index (κ3) is 3.43. The molecular weight excluding hydrogens is 320 g/mol. The lowest BCUT2D eigenvalue weighted by atomic mass is 10.3. The summed E-state index contributed by atoms with van der Waals surface area (Å²) in [5, 5.41) is 3.70. The van der Waals surface area contributed by atoms with Crippen molar-refractivity contribution in [3.8, 4) is 0 Å². The topological polar surface area (TPSA) is 120 Å². The number of hydrogen-bond donors (Lipinski definition) is 3. The van der Waals surface area contributed by atoms with Gasteiger partial charge in [-0.05, 0) is 12.1 Å². The average Bonchev–Trinajstić information content (AvgIpc) is 2.86. The highest BCUT2D eigenvalue weighted by molar-refractivity contribution is 7.99. The number of aromatic nitrogens is 3. The van der Waals surface area contributed by atoms with Crippen LogP contribution in [-0.2, 0) is 4.79 Å². The Morgan fingerprint density at radius 1 is 1.18 bits per heavy atom. The zero-order chi connectivity index (χ0) is 15.5. The first kappa shape index (κ1) is 14.5. The Morgan fingerprint density at radius 2 is 1.91 bits per heavy atom. The third-order valence-corrected chi connectivity index (χ3v) is 4.42. The van der Waals surface area contributed by atoms with E-state index in [9.17, 15) is 4.79 Å². The molecule has 0 fully saturated rings. The molecular formula is C13H12N6OS2. The van der Waals surface area contributed by atoms with Gasteiger partial charge in [-0.2, -0.15) is 0 Å². The van der Waals surface area contributed by atoms with Gasteiger partial charge < -0.3 is 16.8 Å². The lowest BCUT2D eigenvalue weighted by molar-refractivity contribution is -0.113. The molecule has 3 rings (SSSR count). The molecule has 0 aliphatic carbocycles. The fraction of sp³-hybridized carbons (Fsp3) is 0.0769. The molecule has 0 spiro atoms. The van der Waals surface area contributed by atoms with Gasteiger partial charge >= 0.3 is 0 Å². The van der Waals surface area contributed by atoms with E-state index in [1.165, 1.54) is 29.2 Å². The van der Waals surface area contributed by atoms with E-state index in [0.29, 0.717) is 10.3 Å². The number of benzene rings is 1. The number of fused-ring (bicyclic) bond motifs is 1. The van der Waals surface area contributed by atoms with E-state index >= 15 is 0 Å². The number of hydrogen-bond acceptors (Lipinski definition) is 8. The van der Waals surface area contributed by atoms with Crippen molar-refractivity contribution in [1.29, 1.82) is 0 Å². The number of carbonyl (C=O) groups is 1. The number of thioether (sulfide) groups is 1. The maximum absolute atomic E-state index is 11.9. The SMILES string of the molecule is Nc1cc(N)nc(SCC(=O)Nc2nc3ccccc3s2)n1. The van der Waals surface area contributed by atoms with Gasteiger partial charge in [0.1, 0.15) is 11.6 Å². The summed E-state index contributed by atoms with van der Waals surface area (Å²) < 4.78 is 1.03. The molecule has 2 heterocycles. The van der Waals surface area contributed by atoms with Crippen LogP contribution in [0.3, 0.4) is 0 Å². The summed E-state index contributed by atoms with van der Waals surface area (Å²) in [4.78, 5) is 24.3. The van der Waals surface area contributed by atoms with Crippen LogP contribution in [0.1, 0.15) is 0 Å². The molecule has 0 bridgehead atoms. The second-order valence-electron chi connectivity index (χ2n) is 4.32. The largest absolute Gasteiger partial charge is 0.383 e. The number of nitrogens with two attached hydrogens (primary N) is 2. The van der Waals surface area contributed by atoms with Gasteiger partial charge in [-0.1, -0.05) is 35.2 Å². The molecule has 112 valence electrons. The Bertz CT molecular complexity index is 781. The van der Waals surface area contributed by atoms with Gasteiger partial charge in [0.05, 0.1) is 16.0 Å². The normalized spacial score (nSPS) is 10.7. The van der Waals surface area contributed by atoms with Gasteiger partial charge in [-0.15, -0.1) is 0 Å². The molecule has 0 atom stereocenters. The first-order valence-electron chi connectivity index (χ1n) is 6.28. The Kier molecular flexibility index (Phi) is 4.07. The van der Waals surface area contributed by atoms with E-state index in [-0.39, 0.29) is 23.3 Å². The number of rotatable bonds is 4. The summed E-state index contributed by atoms with van der Waals surface area (Å²) in [6.45, 7) is 0. The number of anilines is 3. The second-order valence-corrected chi connectivity index (χ2v) is 6.30. The van der Waals surface area contributed by atoms with E-state index in [4.69, 9.17) is 11.5 Å². The van der Waals surface area contributed by atoms with Crippen LogP contribution < -0.4 is 16.8 Å². The first-order valence-corrected chi connectivity index (χ1v) is 8.08. The van der Waals surface area contributed by atoms with E-state index in [0.717, 1.165) is 10.2 Å². The maximum Gasteiger partial charge on any atom is 0.236 e. The van der Waals surface area contributed by atoms with Crippen molar-refractivity contribution in [3.05, 3.63) is 30.3 Å². The van der Waals surface area contributed by atoms with Gasteiger partial charge in [-0.3, -0.25) is 4.79 Å². The molecule has 0 unspecified atom stereocenters. The molecule has 1 aromatic carbocycles. The van der Waals surface area contributed by atoms with Crippen molar-refractivity contribution in [2.45, 2.75) is 5.16 Å². The molecule has 9 heteroatoms. The van der Waals surface area contributed by atoms with Crippen molar-refractivity contribution >= 4 is 56.0 Å². The molecule has 7 nitrogen and oxygen atoms in total. The van der Waals surface area contributed by atoms with E-state index in [1.54, 1.807) is 0 Å². The molecule has 1 amide bonds. The van der Waals surface area contributed by atoms with Crippen molar-refractivity contribution in [1.82, 2.24) is 15.0 Å². The zero-order valence-corrected chi connectivity index (χ0v) is 12.9. The van der Waals surface area contributed by atoms with E-state index in [2.05, 4.69) is 20.3 Å². The van der Waals surface area contributed by atoms with Gasteiger partial charge in [0, 0.05) is 6.07 Å². The van der Waals surface area contributed by atoms with Crippen LogP contribution in [0.5, 0.6) is 0 Å². The summed E-state index contributed by atoms with van der Waals surface area (Å²) in [6, 6.07) is 9.17. The second kappa shape index (κ2) is 6.16. The van der Waals surface area contributed by atoms with Gasteiger partial charge in [0.2, 0.25) is 5.91 Å². The highest BCUT2D eigenvalue weighted by Gasteiger charge is 2.09. The number of nitrogens with one attached hydrogen (secondary N) is 1. The van der Waals surface area contributed by atoms with Crippen LogP contribution >= 0.6 is 23.1 Å². The lowest BCUT2D eigenvalue weighted by Crippen LogP contribution is -2.14. The lowest BCUT2D eigenvalue weighted by Gasteiger charge is -2.02. The minimum absolute atomic E-state index is 0.152. The molecule has 0 saturated carbocycles. The summed E-state index contributed by atoms with van der Waals surface area (Å²) >= 11 is 2.59. The number of thiazole rings is 1. The maximum atomic E-state index is 11.9. The van der Waals surface area contributed by atoms with Crippen molar-refractivity contribution < 1.29 is 4.79 Å². The van der Waals surface area contributed by atoms with Crippen LogP contribution in [0.15, 0.2) is 35.5 Å². The van der Waals surface area contributed by atoms with Crippen molar-refractivity contribution in [2.75, 3.05) is 22.5 Å². The molecule has 0 aliphatic heterocycles. The fourth-order valence-corrected chi connectivity index (χ4v) is 3.29. The van der Waals surface area contributed by atoms with Crippen LogP contribution in [0.2, 0.25) is 0 Å². The summed E-state index contributed by atoms with van der Waals surface area (Å²) in [6.07, 6.45) is 0. The molecule has 2 aromatic heterocycles. The first-order chi connectivity index (χ1) is 10.6. The number of amides is 1. The van der Waals surface area contributed by atoms with Crippen LogP contribution in [-0.4, -0.2) is 26.6 Å². The molecule has 3 aromatic rings. The monoisotopic (exact) mass is 332 g/mol. The summed E-state index contributed by atoms with van der Waals surface area (Å²) in [7, 11) is 0. The number of nitrogens with zero attached hydrogens (tertiary/aromatic N) is 3. The molecule has 0 saturated heterocycles. The number of carbonyl (C=O) groups excluding carboxylic acids is 1. The smallest absolute Gasteiger partial charge is 0.236 e. The number of para-hydroxylation sites is 1. The minimum Gasteiger partial charge on any atom is -0.383 e. The highest BCUT2D eigenvalue weighted by Crippen LogP contribution is 2.25. The highest BCUT2D eigenvalue weighted by atomic mass is 32.2. The Balaban J connectivity index is 1.62. The van der Waals surface area contributed by atoms with Crippen LogP contribution in [0.25, 0.3) is 10.2 Å². The third-order valence-electron chi connectivity index (χ3n) is 2.62. The van der Waals surface area contributed by atoms with Gasteiger partial charge in [0.15, 0.2) is 10.3 Å². The van der Waals surface area contributed by atoms with Gasteiger partial charge in [-0.25, -0.2) is 15.0 Å². The number of nitrogen functional groups attached to an aromatic ring is 2. The molecule has 0 radical (unpaired) electrons. The summed E-state index contributed by atoms with van der Waals surface area (Å²) in [5.41, 5.74) is 12.0. The Morgan fingerprint density at radius 3 is 2.64 bits per heavy atom. The average molecular weight is 332 g/mol. The summed E-state index contributed by atoms with van der Waals surface area (Å²) in [5.74, 6) is 0.524. The van der Waals surface area contributed by atoms with Crippen LogP contribution in [0.4, 0.5) is 16.8 Å². The fourth-order valence-electron chi connectivity index (χ4n) is 1.74. The minimum atomic E-state index is -0.186. The van der Waals surface area contributed by atoms with Gasteiger partial charge in [0.25, 0.3) is 0 Å². The molecule has 5 N–H and O–H groups in total. The Hall–Kier alpha value is -2.39. The van der Waals surface area contributed by atoms with E-state index < -0.39 is 0 Å². The van der Waals surface area contributed by atoms with Crippen LogP contribution in [0, 0.1) is 0 Å². The predicted molar refractivity (Wildman–Crippen MR) is 89.8 cm³/mol. The molecule has 0 aliphatic rings. The van der Waals surface area contributed by atoms with Crippen molar-refractivity contribution in [2.24, 2.45) is 0 Å². The zero-order valence-electron chi connectivity index (χ0n) is 11.3. The predicted octanol–water partition coefficient (Wildman–Crippen LogP) is 1.98. The van der Waals surface area contributed by atoms with Crippen molar-refractivity contribution in [3.63, 3.8) is 0 Å². The van der Waals surface area contributed by atoms with E-state index in [1.807, 2.05) is 24.3 Å². The molecule has 22 heavy (non-hydrogen) atoms.